The van der Waals surface area contributed by atoms with Gasteiger partial charge in [-0.05, 0) is 47.2 Å². The van der Waals surface area contributed by atoms with Gasteiger partial charge in [0.2, 0.25) is 0 Å². The lowest BCUT2D eigenvalue weighted by Crippen LogP contribution is -2.51. The van der Waals surface area contributed by atoms with Gasteiger partial charge < -0.3 is 25.0 Å². The number of halogens is 4. The summed E-state index contributed by atoms with van der Waals surface area (Å²) in [6, 6.07) is 6.07. The third kappa shape index (κ3) is 4.00. The number of amides is 1. The number of nitrogens with zero attached hydrogens (tertiary/aromatic N) is 2. The lowest BCUT2D eigenvalue weighted by atomic mass is 10.0. The predicted octanol–water partition coefficient (Wildman–Crippen LogP) is 3.33. The van der Waals surface area contributed by atoms with Crippen LogP contribution in [-0.4, -0.2) is 57.2 Å². The van der Waals surface area contributed by atoms with E-state index in [1.165, 1.54) is 9.47 Å². The average Bonchev–Trinajstić information content (AvgIpc) is 2.85. The number of aliphatic hydroxyl groups is 1. The Hall–Kier alpha value is -1.69. The second kappa shape index (κ2) is 7.14. The molecule has 2 atom stereocenters. The Morgan fingerprint density at radius 3 is 2.77 bits per heavy atom. The second-order valence-corrected chi connectivity index (χ2v) is 7.35. The molecular formula is C16H17F3IN3O3. The molecule has 0 aliphatic carbocycles. The molecule has 0 spiro atoms. The molecule has 1 saturated heterocycles. The summed E-state index contributed by atoms with van der Waals surface area (Å²) >= 11 is 1.86. The van der Waals surface area contributed by atoms with Crippen LogP contribution in [-0.2, 0) is 6.54 Å². The van der Waals surface area contributed by atoms with Gasteiger partial charge in [-0.3, -0.25) is 0 Å². The minimum atomic E-state index is -4.34. The monoisotopic (exact) mass is 483 g/mol. The number of fused-ring (bicyclic) bond motifs is 1. The van der Waals surface area contributed by atoms with Crippen LogP contribution in [0.2, 0.25) is 0 Å². The van der Waals surface area contributed by atoms with Gasteiger partial charge in [-0.15, -0.1) is 0 Å². The maximum absolute atomic E-state index is 12.8. The topological polar surface area (TPSA) is 77.7 Å². The van der Waals surface area contributed by atoms with Gasteiger partial charge in [0, 0.05) is 24.2 Å². The van der Waals surface area contributed by atoms with Crippen molar-refractivity contribution in [3.8, 4) is 0 Å². The van der Waals surface area contributed by atoms with Crippen LogP contribution in [0.15, 0.2) is 24.3 Å². The maximum Gasteiger partial charge on any atom is 0.407 e. The normalized spacial score (nSPS) is 21.2. The van der Waals surface area contributed by atoms with E-state index in [-0.39, 0.29) is 13.1 Å². The van der Waals surface area contributed by atoms with Crippen LogP contribution >= 0.6 is 22.6 Å². The minimum absolute atomic E-state index is 0.104. The Balaban J connectivity index is 1.91. The van der Waals surface area contributed by atoms with E-state index in [2.05, 4.69) is 5.32 Å². The Kier molecular flexibility index (Phi) is 5.24. The summed E-state index contributed by atoms with van der Waals surface area (Å²) in [4.78, 5) is 12.4. The number of nitrogens with one attached hydrogen (secondary N) is 1. The number of hydrogen-bond acceptors (Lipinski definition) is 3. The molecule has 3 N–H and O–H groups in total. The number of aliphatic hydroxyl groups excluding tert-OH is 1. The molecule has 0 unspecified atom stereocenters. The zero-order valence-electron chi connectivity index (χ0n) is 13.5. The van der Waals surface area contributed by atoms with Gasteiger partial charge in [0.25, 0.3) is 0 Å². The fraction of sp³-hybridized carbons (Fsp3) is 0.438. The third-order valence-electron chi connectivity index (χ3n) is 4.42. The van der Waals surface area contributed by atoms with Crippen molar-refractivity contribution in [2.75, 3.05) is 18.4 Å². The van der Waals surface area contributed by atoms with Gasteiger partial charge in [-0.2, -0.15) is 13.2 Å². The highest BCUT2D eigenvalue weighted by atomic mass is 127. The molecule has 0 saturated carbocycles. The number of aromatic nitrogens is 1. The Morgan fingerprint density at radius 2 is 2.12 bits per heavy atom. The van der Waals surface area contributed by atoms with Gasteiger partial charge in [-0.1, -0.05) is 6.07 Å². The van der Waals surface area contributed by atoms with E-state index in [0.29, 0.717) is 26.7 Å². The molecule has 1 aliphatic heterocycles. The fourth-order valence-electron chi connectivity index (χ4n) is 3.17. The van der Waals surface area contributed by atoms with E-state index in [9.17, 15) is 23.1 Å². The zero-order chi connectivity index (χ0) is 19.1. The first-order valence-electron chi connectivity index (χ1n) is 7.92. The van der Waals surface area contributed by atoms with E-state index in [4.69, 9.17) is 5.11 Å². The van der Waals surface area contributed by atoms with E-state index < -0.39 is 31.0 Å². The van der Waals surface area contributed by atoms with Crippen molar-refractivity contribution < 1.29 is 28.2 Å². The smallest absolute Gasteiger partial charge is 0.407 e. The largest absolute Gasteiger partial charge is 0.465 e. The van der Waals surface area contributed by atoms with Crippen LogP contribution in [0.5, 0.6) is 0 Å². The number of alkyl halides is 3. The molecular weight excluding hydrogens is 466 g/mol. The molecule has 1 amide bonds. The molecule has 10 heteroatoms. The number of benzene rings is 1. The lowest BCUT2D eigenvalue weighted by molar-refractivity contribution is -0.140. The van der Waals surface area contributed by atoms with Crippen molar-refractivity contribution in [2.24, 2.45) is 0 Å². The summed E-state index contributed by atoms with van der Waals surface area (Å²) in [5.74, 6) is 0. The highest BCUT2D eigenvalue weighted by Crippen LogP contribution is 2.31. The SMILES string of the molecule is O=C(O)N1CC[C@H](O)[C@@H](Nc2cccc3c2cc(I)n3CC(F)(F)F)C1. The molecule has 6 nitrogen and oxygen atoms in total. The molecule has 1 aliphatic rings. The van der Waals surface area contributed by atoms with Crippen LogP contribution in [0.3, 0.4) is 0 Å². The Labute approximate surface area is 160 Å². The molecule has 142 valence electrons. The van der Waals surface area contributed by atoms with Crippen molar-refractivity contribution in [3.63, 3.8) is 0 Å². The molecule has 0 bridgehead atoms. The Morgan fingerprint density at radius 1 is 1.38 bits per heavy atom. The van der Waals surface area contributed by atoms with Crippen LogP contribution < -0.4 is 5.32 Å². The number of piperidine rings is 1. The van der Waals surface area contributed by atoms with E-state index in [1.54, 1.807) is 24.3 Å². The summed E-state index contributed by atoms with van der Waals surface area (Å²) in [5, 5.41) is 23.0. The van der Waals surface area contributed by atoms with E-state index >= 15 is 0 Å². The van der Waals surface area contributed by atoms with Crippen molar-refractivity contribution >= 4 is 45.3 Å². The summed E-state index contributed by atoms with van der Waals surface area (Å²) < 4.78 is 40.1. The molecule has 1 fully saturated rings. The summed E-state index contributed by atoms with van der Waals surface area (Å²) in [6.07, 6.45) is -5.84. The van der Waals surface area contributed by atoms with Crippen LogP contribution in [0.25, 0.3) is 10.9 Å². The van der Waals surface area contributed by atoms with E-state index in [0.717, 1.165) is 0 Å². The molecule has 0 radical (unpaired) electrons. The summed E-state index contributed by atoms with van der Waals surface area (Å²) in [7, 11) is 0. The van der Waals surface area contributed by atoms with Gasteiger partial charge in [0.05, 0.1) is 21.4 Å². The summed E-state index contributed by atoms with van der Waals surface area (Å²) in [5.41, 5.74) is 0.995. The van der Waals surface area contributed by atoms with E-state index in [1.807, 2.05) is 22.6 Å². The number of likely N-dealkylation sites (tertiary alicyclic amines) is 1. The first kappa shape index (κ1) is 19.1. The van der Waals surface area contributed by atoms with Crippen LogP contribution in [0.4, 0.5) is 23.7 Å². The van der Waals surface area contributed by atoms with Gasteiger partial charge in [-0.25, -0.2) is 4.79 Å². The molecule has 3 rings (SSSR count). The van der Waals surface area contributed by atoms with Crippen molar-refractivity contribution in [1.82, 2.24) is 9.47 Å². The highest BCUT2D eigenvalue weighted by Gasteiger charge is 2.32. The quantitative estimate of drug-likeness (QED) is 0.586. The molecule has 1 aromatic heterocycles. The predicted molar refractivity (Wildman–Crippen MR) is 98.3 cm³/mol. The first-order chi connectivity index (χ1) is 12.2. The van der Waals surface area contributed by atoms with Crippen molar-refractivity contribution in [3.05, 3.63) is 28.0 Å². The fourth-order valence-corrected chi connectivity index (χ4v) is 3.91. The average molecular weight is 483 g/mol. The molecule has 1 aromatic carbocycles. The molecule has 26 heavy (non-hydrogen) atoms. The van der Waals surface area contributed by atoms with Crippen LogP contribution in [0, 0.1) is 3.70 Å². The second-order valence-electron chi connectivity index (χ2n) is 6.24. The zero-order valence-corrected chi connectivity index (χ0v) is 15.7. The summed E-state index contributed by atoms with van der Waals surface area (Å²) in [6.45, 7) is -0.733. The number of carbonyl (C=O) groups is 1. The first-order valence-corrected chi connectivity index (χ1v) is 9.00. The van der Waals surface area contributed by atoms with Crippen molar-refractivity contribution in [2.45, 2.75) is 31.3 Å². The highest BCUT2D eigenvalue weighted by molar-refractivity contribution is 14.1. The number of anilines is 1. The van der Waals surface area contributed by atoms with Gasteiger partial charge in [0.1, 0.15) is 6.54 Å². The molecule has 2 aromatic rings. The van der Waals surface area contributed by atoms with Gasteiger partial charge >= 0.3 is 12.3 Å². The number of hydrogen-bond donors (Lipinski definition) is 3. The maximum atomic E-state index is 12.8. The minimum Gasteiger partial charge on any atom is -0.465 e. The number of rotatable bonds is 3. The van der Waals surface area contributed by atoms with Crippen LogP contribution in [0.1, 0.15) is 6.42 Å². The van der Waals surface area contributed by atoms with Gasteiger partial charge in [0.15, 0.2) is 0 Å². The van der Waals surface area contributed by atoms with Crippen molar-refractivity contribution in [1.29, 1.82) is 0 Å². The number of carboxylic acid groups (broad SMARTS) is 1. The standard InChI is InChI=1S/C16H17F3IN3O3/c17-16(18,19)8-23-12-3-1-2-10(9(12)6-14(23)20)21-11-7-22(15(25)26)5-4-13(11)24/h1-3,6,11,13,21,24H,4-5,7-8H2,(H,25,26)/t11-,13-/m0/s1. The molecule has 2 heterocycles. The third-order valence-corrected chi connectivity index (χ3v) is 5.31. The Bertz CT molecular complexity index is 824. The lowest BCUT2D eigenvalue weighted by Gasteiger charge is -2.35.